The van der Waals surface area contributed by atoms with Crippen LogP contribution in [0.5, 0.6) is 5.75 Å². The third-order valence-corrected chi connectivity index (χ3v) is 5.36. The van der Waals surface area contributed by atoms with Gasteiger partial charge in [-0.2, -0.15) is 5.26 Å². The van der Waals surface area contributed by atoms with Crippen molar-refractivity contribution in [2.75, 3.05) is 33.3 Å². The number of likely N-dealkylation sites (N-methyl/N-ethyl adjacent to an activating group) is 1. The molecule has 1 aromatic heterocycles. The van der Waals surface area contributed by atoms with Gasteiger partial charge in [-0.05, 0) is 44.0 Å². The van der Waals surface area contributed by atoms with E-state index in [0.717, 1.165) is 0 Å². The van der Waals surface area contributed by atoms with Crippen LogP contribution in [0.3, 0.4) is 0 Å². The number of likely N-dealkylation sites (tertiary alicyclic amines) is 1. The summed E-state index contributed by atoms with van der Waals surface area (Å²) in [4.78, 5) is 40.3. The summed E-state index contributed by atoms with van der Waals surface area (Å²) in [6, 6.07) is 12.0. The lowest BCUT2D eigenvalue weighted by atomic mass is 9.98. The van der Waals surface area contributed by atoms with E-state index in [1.165, 1.54) is 18.0 Å². The Morgan fingerprint density at radius 3 is 2.79 bits per heavy atom. The second kappa shape index (κ2) is 11.2. The van der Waals surface area contributed by atoms with E-state index >= 15 is 0 Å². The molecule has 1 atom stereocenters. The fourth-order valence-electron chi connectivity index (χ4n) is 3.62. The fourth-order valence-corrected chi connectivity index (χ4v) is 3.62. The van der Waals surface area contributed by atoms with Gasteiger partial charge in [-0.15, -0.1) is 0 Å². The van der Waals surface area contributed by atoms with E-state index in [1.807, 2.05) is 0 Å². The highest BCUT2D eigenvalue weighted by Crippen LogP contribution is 2.20. The second-order valence-corrected chi connectivity index (χ2v) is 7.75. The van der Waals surface area contributed by atoms with E-state index in [0.29, 0.717) is 49.6 Å². The third kappa shape index (κ3) is 6.13. The average Bonchev–Trinajstić information content (AvgIpc) is 3.31. The van der Waals surface area contributed by atoms with E-state index in [2.05, 4.69) is 6.07 Å². The van der Waals surface area contributed by atoms with Gasteiger partial charge >= 0.3 is 5.97 Å². The van der Waals surface area contributed by atoms with E-state index < -0.39 is 5.91 Å². The van der Waals surface area contributed by atoms with E-state index in [4.69, 9.17) is 19.2 Å². The average molecular weight is 453 g/mol. The molecule has 0 saturated carbocycles. The molecule has 1 aromatic carbocycles. The number of rotatable bonds is 8. The number of benzene rings is 1. The molecule has 9 nitrogen and oxygen atoms in total. The van der Waals surface area contributed by atoms with Crippen molar-refractivity contribution < 1.29 is 28.3 Å². The molecule has 0 bridgehead atoms. The van der Waals surface area contributed by atoms with Crippen molar-refractivity contribution in [2.24, 2.45) is 5.92 Å². The predicted octanol–water partition coefficient (Wildman–Crippen LogP) is 2.60. The van der Waals surface area contributed by atoms with Crippen LogP contribution in [0.1, 0.15) is 41.6 Å². The summed E-state index contributed by atoms with van der Waals surface area (Å²) >= 11 is 0. The number of nitrogens with zero attached hydrogens (tertiary/aromatic N) is 3. The minimum atomic E-state index is -0.439. The Morgan fingerprint density at radius 1 is 1.24 bits per heavy atom. The number of furan rings is 1. The highest BCUT2D eigenvalue weighted by atomic mass is 16.5. The molecule has 33 heavy (non-hydrogen) atoms. The molecule has 1 fully saturated rings. The highest BCUT2D eigenvalue weighted by molar-refractivity contribution is 5.94. The highest BCUT2D eigenvalue weighted by Gasteiger charge is 2.30. The standard InChI is InChI=1S/C24H27N3O6/c1-3-31-24(30)18-8-6-12-27(14-18)22(28)15-26(2)23(29)21-11-10-19(33-21)16-32-20-9-5-4-7-17(20)13-25/h4-5,7,9-11,18H,3,6,8,12,14-16H2,1-2H3. The number of carbonyl (C=O) groups is 3. The Bertz CT molecular complexity index is 1040. The second-order valence-electron chi connectivity index (χ2n) is 7.75. The Kier molecular flexibility index (Phi) is 8.08. The number of hydrogen-bond donors (Lipinski definition) is 0. The van der Waals surface area contributed by atoms with Crippen molar-refractivity contribution in [3.05, 3.63) is 53.5 Å². The first-order chi connectivity index (χ1) is 15.9. The molecule has 2 amide bonds. The normalized spacial score (nSPS) is 15.4. The quantitative estimate of drug-likeness (QED) is 0.565. The van der Waals surface area contributed by atoms with Crippen molar-refractivity contribution in [3.63, 3.8) is 0 Å². The number of carbonyl (C=O) groups excluding carboxylic acids is 3. The zero-order chi connectivity index (χ0) is 23.8. The SMILES string of the molecule is CCOC(=O)C1CCCN(C(=O)CN(C)C(=O)c2ccc(COc3ccccc3C#N)o2)C1. The van der Waals surface area contributed by atoms with E-state index in [1.54, 1.807) is 42.2 Å². The molecule has 0 aliphatic carbocycles. The number of piperidine rings is 1. The van der Waals surface area contributed by atoms with E-state index in [9.17, 15) is 14.4 Å². The summed E-state index contributed by atoms with van der Waals surface area (Å²) in [6.45, 7) is 2.83. The lowest BCUT2D eigenvalue weighted by molar-refractivity contribution is -0.151. The van der Waals surface area contributed by atoms with Crippen molar-refractivity contribution in [3.8, 4) is 11.8 Å². The Labute approximate surface area is 192 Å². The van der Waals surface area contributed by atoms with Gasteiger partial charge in [0.25, 0.3) is 5.91 Å². The number of nitriles is 1. The van der Waals surface area contributed by atoms with Crippen LogP contribution in [-0.4, -0.2) is 60.9 Å². The van der Waals surface area contributed by atoms with Gasteiger partial charge in [-0.25, -0.2) is 0 Å². The van der Waals surface area contributed by atoms with Gasteiger partial charge in [-0.3, -0.25) is 14.4 Å². The largest absolute Gasteiger partial charge is 0.484 e. The van der Waals surface area contributed by atoms with Crippen LogP contribution in [0.15, 0.2) is 40.8 Å². The summed E-state index contributed by atoms with van der Waals surface area (Å²) in [7, 11) is 1.52. The molecule has 1 saturated heterocycles. The first-order valence-corrected chi connectivity index (χ1v) is 10.8. The lowest BCUT2D eigenvalue weighted by Gasteiger charge is -2.32. The first-order valence-electron chi connectivity index (χ1n) is 10.8. The summed E-state index contributed by atoms with van der Waals surface area (Å²) in [6.07, 6.45) is 1.40. The molecule has 0 spiro atoms. The predicted molar refractivity (Wildman–Crippen MR) is 117 cm³/mol. The number of ether oxygens (including phenoxy) is 2. The number of esters is 1. The van der Waals surface area contributed by atoms with Crippen LogP contribution < -0.4 is 4.74 Å². The summed E-state index contributed by atoms with van der Waals surface area (Å²) in [5.74, 6) is -0.368. The zero-order valence-corrected chi connectivity index (χ0v) is 18.8. The van der Waals surface area contributed by atoms with Crippen molar-refractivity contribution in [2.45, 2.75) is 26.4 Å². The molecule has 174 valence electrons. The summed E-state index contributed by atoms with van der Waals surface area (Å²) < 4.78 is 16.3. The monoisotopic (exact) mass is 453 g/mol. The van der Waals surface area contributed by atoms with Gasteiger partial charge in [-0.1, -0.05) is 12.1 Å². The van der Waals surface area contributed by atoms with Crippen LogP contribution in [0.25, 0.3) is 0 Å². The Morgan fingerprint density at radius 2 is 2.03 bits per heavy atom. The lowest BCUT2D eigenvalue weighted by Crippen LogP contribution is -2.47. The van der Waals surface area contributed by atoms with Gasteiger partial charge in [0, 0.05) is 20.1 Å². The van der Waals surface area contributed by atoms with Gasteiger partial charge in [0.15, 0.2) is 5.76 Å². The van der Waals surface area contributed by atoms with Crippen LogP contribution in [0.4, 0.5) is 0 Å². The van der Waals surface area contributed by atoms with Crippen LogP contribution in [0.2, 0.25) is 0 Å². The van der Waals surface area contributed by atoms with Gasteiger partial charge in [0.05, 0.1) is 24.6 Å². The summed E-state index contributed by atoms with van der Waals surface area (Å²) in [5, 5.41) is 9.13. The van der Waals surface area contributed by atoms with Crippen LogP contribution in [-0.2, 0) is 20.9 Å². The molecule has 1 aliphatic rings. The van der Waals surface area contributed by atoms with Crippen LogP contribution >= 0.6 is 0 Å². The van der Waals surface area contributed by atoms with Crippen LogP contribution in [0, 0.1) is 17.2 Å². The molecule has 0 N–H and O–H groups in total. The Balaban J connectivity index is 1.54. The number of para-hydroxylation sites is 1. The zero-order valence-electron chi connectivity index (χ0n) is 18.8. The molecule has 1 unspecified atom stereocenters. The minimum absolute atomic E-state index is 0.0532. The van der Waals surface area contributed by atoms with Crippen molar-refractivity contribution in [1.82, 2.24) is 9.80 Å². The topological polar surface area (TPSA) is 113 Å². The maximum absolute atomic E-state index is 12.7. The molecule has 9 heteroatoms. The third-order valence-electron chi connectivity index (χ3n) is 5.36. The fraction of sp³-hybridized carbons (Fsp3) is 0.417. The van der Waals surface area contributed by atoms with Gasteiger partial charge in [0.2, 0.25) is 5.91 Å². The van der Waals surface area contributed by atoms with Crippen molar-refractivity contribution in [1.29, 1.82) is 5.26 Å². The molecule has 0 radical (unpaired) electrons. The molecular weight excluding hydrogens is 426 g/mol. The molecular formula is C24H27N3O6. The molecule has 2 heterocycles. The van der Waals surface area contributed by atoms with Gasteiger partial charge < -0.3 is 23.7 Å². The molecule has 2 aromatic rings. The van der Waals surface area contributed by atoms with E-state index in [-0.39, 0.29) is 36.7 Å². The maximum atomic E-state index is 12.7. The molecule has 3 rings (SSSR count). The first kappa shape index (κ1) is 23.9. The molecule has 1 aliphatic heterocycles. The van der Waals surface area contributed by atoms with Gasteiger partial charge in [0.1, 0.15) is 24.2 Å². The Hall–Kier alpha value is -3.80. The number of amides is 2. The smallest absolute Gasteiger partial charge is 0.310 e. The minimum Gasteiger partial charge on any atom is -0.484 e. The number of hydrogen-bond acceptors (Lipinski definition) is 7. The van der Waals surface area contributed by atoms with Crippen molar-refractivity contribution >= 4 is 17.8 Å². The maximum Gasteiger partial charge on any atom is 0.310 e. The summed E-state index contributed by atoms with van der Waals surface area (Å²) in [5.41, 5.74) is 0.404.